The SMILES string of the molecule is CNC(=N)NCCC[C@H](NC(=O)c1coc([C@H](CC(C)C)NC(=O)OC(C)(C)C)n1)C(=O)O. The highest BCUT2D eigenvalue weighted by atomic mass is 16.6. The van der Waals surface area contributed by atoms with Crippen LogP contribution in [0.4, 0.5) is 4.79 Å². The number of rotatable bonds is 11. The van der Waals surface area contributed by atoms with E-state index in [2.05, 4.69) is 26.3 Å². The lowest BCUT2D eigenvalue weighted by Gasteiger charge is -2.23. The zero-order valence-electron chi connectivity index (χ0n) is 20.1. The van der Waals surface area contributed by atoms with Crippen LogP contribution < -0.4 is 21.3 Å². The third-order valence-corrected chi connectivity index (χ3v) is 4.28. The summed E-state index contributed by atoms with van der Waals surface area (Å²) in [7, 11) is 1.59. The van der Waals surface area contributed by atoms with Crippen LogP contribution in [-0.4, -0.2) is 59.3 Å². The standard InChI is InChI=1S/C21H36N6O6/c1-12(2)10-14(27-20(31)33-21(3,4)5)17-26-15(11-32-17)16(28)25-13(18(29)30)8-7-9-24-19(22)23-6/h11-14H,7-10H2,1-6H3,(H,25,28)(H,27,31)(H,29,30)(H3,22,23,24)/t13-,14-/m0/s1. The van der Waals surface area contributed by atoms with Gasteiger partial charge in [0, 0.05) is 13.6 Å². The first-order chi connectivity index (χ1) is 15.3. The fourth-order valence-corrected chi connectivity index (χ4v) is 2.79. The largest absolute Gasteiger partial charge is 0.480 e. The molecule has 0 aliphatic carbocycles. The van der Waals surface area contributed by atoms with Crippen LogP contribution in [0.5, 0.6) is 0 Å². The number of carbonyl (C=O) groups is 3. The van der Waals surface area contributed by atoms with Crippen molar-refractivity contribution < 1.29 is 28.6 Å². The lowest BCUT2D eigenvalue weighted by atomic mass is 10.0. The predicted molar refractivity (Wildman–Crippen MR) is 121 cm³/mol. The van der Waals surface area contributed by atoms with Gasteiger partial charge in [-0.25, -0.2) is 14.6 Å². The molecule has 1 aromatic heterocycles. The first-order valence-corrected chi connectivity index (χ1v) is 10.8. The molecule has 186 valence electrons. The Balaban J connectivity index is 2.81. The summed E-state index contributed by atoms with van der Waals surface area (Å²) in [6.07, 6.45) is 1.56. The lowest BCUT2D eigenvalue weighted by molar-refractivity contribution is -0.139. The number of hydrogen-bond acceptors (Lipinski definition) is 7. The monoisotopic (exact) mass is 468 g/mol. The van der Waals surface area contributed by atoms with Crippen LogP contribution >= 0.6 is 0 Å². The molecule has 0 aromatic carbocycles. The summed E-state index contributed by atoms with van der Waals surface area (Å²) in [6.45, 7) is 9.54. The molecule has 0 aliphatic heterocycles. The smallest absolute Gasteiger partial charge is 0.408 e. The van der Waals surface area contributed by atoms with Crippen molar-refractivity contribution in [2.45, 2.75) is 71.6 Å². The van der Waals surface area contributed by atoms with E-state index in [9.17, 15) is 19.5 Å². The van der Waals surface area contributed by atoms with E-state index in [-0.39, 0.29) is 29.9 Å². The highest BCUT2D eigenvalue weighted by Gasteiger charge is 2.27. The number of aromatic nitrogens is 1. The van der Waals surface area contributed by atoms with E-state index < -0.39 is 35.7 Å². The second-order valence-electron chi connectivity index (χ2n) is 8.96. The molecule has 0 saturated carbocycles. The number of nitrogens with zero attached hydrogens (tertiary/aromatic N) is 1. The van der Waals surface area contributed by atoms with Gasteiger partial charge in [-0.1, -0.05) is 13.8 Å². The highest BCUT2D eigenvalue weighted by molar-refractivity contribution is 5.94. The van der Waals surface area contributed by atoms with Gasteiger partial charge in [0.2, 0.25) is 5.89 Å². The lowest BCUT2D eigenvalue weighted by Crippen LogP contribution is -2.42. The number of alkyl carbamates (subject to hydrolysis) is 1. The molecule has 12 heteroatoms. The van der Waals surface area contributed by atoms with Crippen LogP contribution in [0.3, 0.4) is 0 Å². The Bertz CT molecular complexity index is 816. The molecule has 0 aliphatic rings. The molecule has 0 bridgehead atoms. The van der Waals surface area contributed by atoms with E-state index in [4.69, 9.17) is 14.6 Å². The number of nitrogens with one attached hydrogen (secondary N) is 5. The topological polar surface area (TPSA) is 179 Å². The maximum absolute atomic E-state index is 12.5. The molecule has 0 fully saturated rings. The normalized spacial score (nSPS) is 13.1. The molecule has 2 amide bonds. The molecule has 0 unspecified atom stereocenters. The van der Waals surface area contributed by atoms with Crippen molar-refractivity contribution in [3.05, 3.63) is 17.8 Å². The minimum absolute atomic E-state index is 0.0916. The van der Waals surface area contributed by atoms with Gasteiger partial charge in [0.1, 0.15) is 23.9 Å². The van der Waals surface area contributed by atoms with Crippen molar-refractivity contribution in [2.24, 2.45) is 5.92 Å². The van der Waals surface area contributed by atoms with Gasteiger partial charge in [-0.3, -0.25) is 10.2 Å². The van der Waals surface area contributed by atoms with Crippen LogP contribution in [0.15, 0.2) is 10.7 Å². The van der Waals surface area contributed by atoms with Crippen LogP contribution in [0, 0.1) is 11.3 Å². The Morgan fingerprint density at radius 3 is 2.45 bits per heavy atom. The Hall–Kier alpha value is -3.31. The van der Waals surface area contributed by atoms with E-state index in [0.29, 0.717) is 19.4 Å². The van der Waals surface area contributed by atoms with Gasteiger partial charge in [0.15, 0.2) is 11.7 Å². The van der Waals surface area contributed by atoms with Gasteiger partial charge in [-0.15, -0.1) is 0 Å². The van der Waals surface area contributed by atoms with Gasteiger partial charge >= 0.3 is 12.1 Å². The quantitative estimate of drug-likeness (QED) is 0.161. The van der Waals surface area contributed by atoms with Crippen molar-refractivity contribution >= 4 is 23.9 Å². The number of oxazole rings is 1. The molecule has 0 radical (unpaired) electrons. The van der Waals surface area contributed by atoms with E-state index in [0.717, 1.165) is 6.26 Å². The predicted octanol–water partition coefficient (Wildman–Crippen LogP) is 1.99. The molecule has 0 saturated heterocycles. The number of carboxylic acid groups (broad SMARTS) is 1. The Kier molecular flexibility index (Phi) is 10.6. The second kappa shape index (κ2) is 12.7. The molecule has 0 spiro atoms. The number of carboxylic acids is 1. The molecule has 33 heavy (non-hydrogen) atoms. The van der Waals surface area contributed by atoms with E-state index in [1.54, 1.807) is 27.8 Å². The van der Waals surface area contributed by atoms with Gasteiger partial charge in [-0.2, -0.15) is 0 Å². The number of ether oxygens (including phenoxy) is 1. The van der Waals surface area contributed by atoms with Crippen LogP contribution in [0.25, 0.3) is 0 Å². The van der Waals surface area contributed by atoms with Crippen molar-refractivity contribution in [1.82, 2.24) is 26.3 Å². The number of hydrogen-bond donors (Lipinski definition) is 6. The molecule has 1 rings (SSSR count). The fraction of sp³-hybridized carbons (Fsp3) is 0.667. The summed E-state index contributed by atoms with van der Waals surface area (Å²) >= 11 is 0. The molecule has 1 heterocycles. The first kappa shape index (κ1) is 27.7. The zero-order chi connectivity index (χ0) is 25.2. The van der Waals surface area contributed by atoms with Gasteiger partial charge in [-0.05, 0) is 46.0 Å². The molecule has 1 aromatic rings. The minimum Gasteiger partial charge on any atom is -0.480 e. The third-order valence-electron chi connectivity index (χ3n) is 4.28. The minimum atomic E-state index is -1.18. The first-order valence-electron chi connectivity index (χ1n) is 10.8. The molecule has 2 atom stereocenters. The van der Waals surface area contributed by atoms with Crippen molar-refractivity contribution in [3.8, 4) is 0 Å². The van der Waals surface area contributed by atoms with E-state index in [1.807, 2.05) is 13.8 Å². The number of aliphatic carboxylic acids is 1. The van der Waals surface area contributed by atoms with Crippen molar-refractivity contribution in [1.29, 1.82) is 5.41 Å². The molecular formula is C21H36N6O6. The molecular weight excluding hydrogens is 432 g/mol. The van der Waals surface area contributed by atoms with E-state index in [1.165, 1.54) is 0 Å². The summed E-state index contributed by atoms with van der Waals surface area (Å²) in [5.41, 5.74) is -0.769. The maximum atomic E-state index is 12.5. The average Bonchev–Trinajstić information content (AvgIpc) is 3.17. The number of guanidine groups is 1. The summed E-state index contributed by atoms with van der Waals surface area (Å²) < 4.78 is 10.7. The molecule has 12 nitrogen and oxygen atoms in total. The van der Waals surface area contributed by atoms with Crippen molar-refractivity contribution in [2.75, 3.05) is 13.6 Å². The Morgan fingerprint density at radius 1 is 1.24 bits per heavy atom. The average molecular weight is 469 g/mol. The Morgan fingerprint density at radius 2 is 1.91 bits per heavy atom. The zero-order valence-corrected chi connectivity index (χ0v) is 20.1. The summed E-state index contributed by atoms with van der Waals surface area (Å²) in [6, 6.07) is -1.75. The Labute approximate surface area is 193 Å². The van der Waals surface area contributed by atoms with E-state index >= 15 is 0 Å². The van der Waals surface area contributed by atoms with Crippen LogP contribution in [-0.2, 0) is 9.53 Å². The second-order valence-corrected chi connectivity index (χ2v) is 8.96. The van der Waals surface area contributed by atoms with Gasteiger partial charge in [0.05, 0.1) is 0 Å². The van der Waals surface area contributed by atoms with Crippen molar-refractivity contribution in [3.63, 3.8) is 0 Å². The molecule has 6 N–H and O–H groups in total. The van der Waals surface area contributed by atoms with Crippen LogP contribution in [0.2, 0.25) is 0 Å². The van der Waals surface area contributed by atoms with Gasteiger partial charge < -0.3 is 35.5 Å². The summed E-state index contributed by atoms with van der Waals surface area (Å²) in [5.74, 6) is -1.45. The third kappa shape index (κ3) is 10.7. The van der Waals surface area contributed by atoms with Crippen LogP contribution in [0.1, 0.15) is 76.3 Å². The fourth-order valence-electron chi connectivity index (χ4n) is 2.79. The number of amides is 2. The summed E-state index contributed by atoms with van der Waals surface area (Å²) in [4.78, 5) is 40.4. The highest BCUT2D eigenvalue weighted by Crippen LogP contribution is 2.22. The summed E-state index contributed by atoms with van der Waals surface area (Å²) in [5, 5.41) is 27.4. The van der Waals surface area contributed by atoms with Gasteiger partial charge in [0.25, 0.3) is 5.91 Å². The maximum Gasteiger partial charge on any atom is 0.408 e. The number of carbonyl (C=O) groups excluding carboxylic acids is 2.